The van der Waals surface area contributed by atoms with Gasteiger partial charge < -0.3 is 24.8 Å². The first-order chi connectivity index (χ1) is 18.1. The highest BCUT2D eigenvalue weighted by atomic mass is 16.5. The van der Waals surface area contributed by atoms with Gasteiger partial charge in [0.25, 0.3) is 5.91 Å². The molecule has 2 heterocycles. The predicted octanol–water partition coefficient (Wildman–Crippen LogP) is 4.80. The first kappa shape index (κ1) is 23.9. The molecule has 2 N–H and O–H groups in total. The molecule has 0 unspecified atom stereocenters. The topological polar surface area (TPSA) is 99.5 Å². The molecule has 37 heavy (non-hydrogen) atoms. The second-order valence-electron chi connectivity index (χ2n) is 8.46. The number of hydrogen-bond donors (Lipinski definition) is 2. The van der Waals surface area contributed by atoms with E-state index in [0.717, 1.165) is 16.9 Å². The fourth-order valence-corrected chi connectivity index (χ4v) is 4.28. The van der Waals surface area contributed by atoms with E-state index in [2.05, 4.69) is 20.7 Å². The van der Waals surface area contributed by atoms with Crippen LogP contribution in [-0.2, 0) is 11.4 Å². The van der Waals surface area contributed by atoms with Gasteiger partial charge in [-0.05, 0) is 42.3 Å². The maximum absolute atomic E-state index is 13.7. The van der Waals surface area contributed by atoms with Crippen molar-refractivity contribution in [1.82, 2.24) is 14.8 Å². The Morgan fingerprint density at radius 1 is 1.00 bits per heavy atom. The van der Waals surface area contributed by atoms with Crippen molar-refractivity contribution in [2.24, 2.45) is 0 Å². The molecule has 0 saturated carbocycles. The SMILES string of the molecule is COc1ccc(OC)c(NC(=O)C2=C(C)Nc3ncnn3[C@H]2c2ccc(OCc3ccccc3)cc2)c1. The highest BCUT2D eigenvalue weighted by Crippen LogP contribution is 2.37. The lowest BCUT2D eigenvalue weighted by atomic mass is 9.95. The molecule has 1 amide bonds. The van der Waals surface area contributed by atoms with E-state index in [9.17, 15) is 4.79 Å². The Hall–Kier alpha value is -4.79. The van der Waals surface area contributed by atoms with Crippen LogP contribution in [0.5, 0.6) is 17.2 Å². The molecule has 0 bridgehead atoms. The first-order valence-corrected chi connectivity index (χ1v) is 11.7. The summed E-state index contributed by atoms with van der Waals surface area (Å²) in [4.78, 5) is 18.0. The number of anilines is 2. The zero-order chi connectivity index (χ0) is 25.8. The maximum Gasteiger partial charge on any atom is 0.255 e. The third-order valence-electron chi connectivity index (χ3n) is 6.14. The summed E-state index contributed by atoms with van der Waals surface area (Å²) in [5.74, 6) is 2.11. The van der Waals surface area contributed by atoms with Gasteiger partial charge in [-0.25, -0.2) is 4.68 Å². The first-order valence-electron chi connectivity index (χ1n) is 11.7. The summed E-state index contributed by atoms with van der Waals surface area (Å²) in [6, 6.07) is 22.4. The van der Waals surface area contributed by atoms with Crippen LogP contribution in [-0.4, -0.2) is 34.9 Å². The van der Waals surface area contributed by atoms with E-state index < -0.39 is 6.04 Å². The number of benzene rings is 3. The van der Waals surface area contributed by atoms with E-state index in [1.54, 1.807) is 37.1 Å². The minimum atomic E-state index is -0.501. The maximum atomic E-state index is 13.7. The lowest BCUT2D eigenvalue weighted by Gasteiger charge is -2.29. The molecule has 1 atom stereocenters. The van der Waals surface area contributed by atoms with Crippen LogP contribution in [0, 0.1) is 0 Å². The molecule has 0 saturated heterocycles. The van der Waals surface area contributed by atoms with Crippen LogP contribution in [0.2, 0.25) is 0 Å². The molecule has 9 heteroatoms. The molecule has 0 aliphatic carbocycles. The summed E-state index contributed by atoms with van der Waals surface area (Å²) in [5, 5.41) is 10.6. The molecule has 0 spiro atoms. The number of nitrogens with one attached hydrogen (secondary N) is 2. The molecule has 188 valence electrons. The molecular weight excluding hydrogens is 470 g/mol. The number of fused-ring (bicyclic) bond motifs is 1. The molecule has 3 aromatic carbocycles. The Morgan fingerprint density at radius 3 is 2.49 bits per heavy atom. The van der Waals surface area contributed by atoms with Crippen molar-refractivity contribution in [1.29, 1.82) is 0 Å². The minimum absolute atomic E-state index is 0.299. The molecule has 1 aliphatic rings. The summed E-state index contributed by atoms with van der Waals surface area (Å²) in [6.07, 6.45) is 1.46. The molecule has 5 rings (SSSR count). The second-order valence-corrected chi connectivity index (χ2v) is 8.46. The van der Waals surface area contributed by atoms with Crippen molar-refractivity contribution < 1.29 is 19.0 Å². The Labute approximate surface area is 214 Å². The summed E-state index contributed by atoms with van der Waals surface area (Å²) >= 11 is 0. The molecule has 0 fully saturated rings. The van der Waals surface area contributed by atoms with E-state index in [-0.39, 0.29) is 5.91 Å². The number of amides is 1. The van der Waals surface area contributed by atoms with E-state index in [4.69, 9.17) is 14.2 Å². The Kier molecular flexibility index (Phi) is 6.76. The standard InChI is InChI=1S/C28H27N5O4/c1-18-25(27(34)32-23-15-22(35-2)13-14-24(23)36-3)26(33-28(31-18)29-17-30-33)20-9-11-21(12-10-20)37-16-19-7-5-4-6-8-19/h4-15,17,26H,16H2,1-3H3,(H,32,34)(H,29,30,31)/t26-/m0/s1. The van der Waals surface area contributed by atoms with Gasteiger partial charge >= 0.3 is 0 Å². The average molecular weight is 498 g/mol. The van der Waals surface area contributed by atoms with E-state index in [1.165, 1.54) is 6.33 Å². The number of nitrogens with zero attached hydrogens (tertiary/aromatic N) is 3. The third kappa shape index (κ3) is 4.97. The van der Waals surface area contributed by atoms with Gasteiger partial charge in [-0.3, -0.25) is 4.79 Å². The fourth-order valence-electron chi connectivity index (χ4n) is 4.28. The summed E-state index contributed by atoms with van der Waals surface area (Å²) in [6.45, 7) is 2.32. The fraction of sp³-hybridized carbons (Fsp3) is 0.179. The van der Waals surface area contributed by atoms with Crippen LogP contribution in [0.4, 0.5) is 11.6 Å². The number of allylic oxidation sites excluding steroid dienone is 1. The summed E-state index contributed by atoms with van der Waals surface area (Å²) in [5.41, 5.74) is 3.63. The summed E-state index contributed by atoms with van der Waals surface area (Å²) < 4.78 is 18.4. The Balaban J connectivity index is 1.44. The third-order valence-corrected chi connectivity index (χ3v) is 6.14. The monoisotopic (exact) mass is 497 g/mol. The Morgan fingerprint density at radius 2 is 1.76 bits per heavy atom. The smallest absolute Gasteiger partial charge is 0.255 e. The van der Waals surface area contributed by atoms with Gasteiger partial charge in [0.05, 0.1) is 25.5 Å². The number of methoxy groups -OCH3 is 2. The quantitative estimate of drug-likeness (QED) is 0.361. The molecule has 4 aromatic rings. The van der Waals surface area contributed by atoms with E-state index in [1.807, 2.05) is 61.5 Å². The molecule has 0 radical (unpaired) electrons. The lowest BCUT2D eigenvalue weighted by Crippen LogP contribution is -2.31. The van der Waals surface area contributed by atoms with Gasteiger partial charge in [-0.1, -0.05) is 42.5 Å². The number of carbonyl (C=O) groups excluding carboxylic acids is 1. The highest BCUT2D eigenvalue weighted by molar-refractivity contribution is 6.06. The summed E-state index contributed by atoms with van der Waals surface area (Å²) in [7, 11) is 3.12. The predicted molar refractivity (Wildman–Crippen MR) is 140 cm³/mol. The molecular formula is C28H27N5O4. The second kappa shape index (κ2) is 10.4. The van der Waals surface area contributed by atoms with Crippen molar-refractivity contribution in [3.8, 4) is 17.2 Å². The molecule has 1 aromatic heterocycles. The van der Waals surface area contributed by atoms with Crippen molar-refractivity contribution in [3.05, 3.63) is 102 Å². The highest BCUT2D eigenvalue weighted by Gasteiger charge is 2.33. The van der Waals surface area contributed by atoms with Crippen molar-refractivity contribution in [3.63, 3.8) is 0 Å². The van der Waals surface area contributed by atoms with E-state index >= 15 is 0 Å². The van der Waals surface area contributed by atoms with Crippen LogP contribution in [0.1, 0.15) is 24.1 Å². The average Bonchev–Trinajstić information content (AvgIpc) is 3.40. The number of ether oxygens (including phenoxy) is 3. The van der Waals surface area contributed by atoms with Gasteiger partial charge in [-0.15, -0.1) is 0 Å². The zero-order valence-corrected chi connectivity index (χ0v) is 20.8. The van der Waals surface area contributed by atoms with Crippen molar-refractivity contribution in [2.45, 2.75) is 19.6 Å². The number of hydrogen-bond acceptors (Lipinski definition) is 7. The Bertz CT molecular complexity index is 1430. The van der Waals surface area contributed by atoms with E-state index in [0.29, 0.717) is 41.0 Å². The van der Waals surface area contributed by atoms with Crippen LogP contribution < -0.4 is 24.8 Å². The van der Waals surface area contributed by atoms with Crippen molar-refractivity contribution >= 4 is 17.5 Å². The number of rotatable bonds is 8. The van der Waals surface area contributed by atoms with Gasteiger partial charge in [0.2, 0.25) is 5.95 Å². The van der Waals surface area contributed by atoms with Crippen LogP contribution in [0.25, 0.3) is 0 Å². The van der Waals surface area contributed by atoms with Crippen LogP contribution in [0.15, 0.2) is 90.4 Å². The van der Waals surface area contributed by atoms with Gasteiger partial charge in [0.1, 0.15) is 36.2 Å². The zero-order valence-electron chi connectivity index (χ0n) is 20.8. The normalized spacial score (nSPS) is 14.4. The lowest BCUT2D eigenvalue weighted by molar-refractivity contribution is -0.113. The molecule has 9 nitrogen and oxygen atoms in total. The number of aromatic nitrogens is 3. The largest absolute Gasteiger partial charge is 0.497 e. The van der Waals surface area contributed by atoms with Crippen LogP contribution >= 0.6 is 0 Å². The van der Waals surface area contributed by atoms with Crippen LogP contribution in [0.3, 0.4) is 0 Å². The van der Waals surface area contributed by atoms with Gasteiger partial charge in [0, 0.05) is 11.8 Å². The van der Waals surface area contributed by atoms with Crippen molar-refractivity contribution in [2.75, 3.05) is 24.9 Å². The minimum Gasteiger partial charge on any atom is -0.497 e. The van der Waals surface area contributed by atoms with Gasteiger partial charge in [0.15, 0.2) is 0 Å². The van der Waals surface area contributed by atoms with Gasteiger partial charge in [-0.2, -0.15) is 10.1 Å². The number of carbonyl (C=O) groups is 1. The molecule has 1 aliphatic heterocycles.